The van der Waals surface area contributed by atoms with E-state index in [0.29, 0.717) is 17.2 Å². The summed E-state index contributed by atoms with van der Waals surface area (Å²) >= 11 is 2.27. The van der Waals surface area contributed by atoms with Crippen LogP contribution in [0.5, 0.6) is 17.2 Å². The minimum absolute atomic E-state index is 0.0128. The van der Waals surface area contributed by atoms with E-state index in [2.05, 4.69) is 22.6 Å². The Kier molecular flexibility index (Phi) is 5.38. The summed E-state index contributed by atoms with van der Waals surface area (Å²) in [6.07, 6.45) is 0.392. The highest BCUT2D eigenvalue weighted by Gasteiger charge is 2.35. The van der Waals surface area contributed by atoms with E-state index in [1.165, 1.54) is 12.1 Å². The van der Waals surface area contributed by atoms with Crippen molar-refractivity contribution < 1.29 is 23.3 Å². The molecule has 1 aliphatic heterocycles. The first-order valence-electron chi connectivity index (χ1n) is 7.92. The van der Waals surface area contributed by atoms with Crippen molar-refractivity contribution in [3.63, 3.8) is 0 Å². The van der Waals surface area contributed by atoms with Crippen molar-refractivity contribution in [1.82, 2.24) is 0 Å². The third-order valence-corrected chi connectivity index (χ3v) is 5.49. The number of ether oxygens (including phenoxy) is 4. The van der Waals surface area contributed by atoms with Gasteiger partial charge in [-0.05, 0) is 52.8 Å². The fourth-order valence-corrected chi connectivity index (χ4v) is 4.26. The normalized spacial score (nSPS) is 19.3. The zero-order chi connectivity index (χ0) is 18.1. The van der Waals surface area contributed by atoms with Crippen molar-refractivity contribution in [2.45, 2.75) is 25.6 Å². The van der Waals surface area contributed by atoms with Crippen LogP contribution in [0.2, 0.25) is 0 Å². The molecule has 134 valence electrons. The van der Waals surface area contributed by atoms with E-state index < -0.39 is 0 Å². The lowest BCUT2D eigenvalue weighted by atomic mass is 9.89. The first-order chi connectivity index (χ1) is 12.0. The Morgan fingerprint density at radius 2 is 1.60 bits per heavy atom. The molecule has 0 fully saturated rings. The summed E-state index contributed by atoms with van der Waals surface area (Å²) in [5.41, 5.74) is 2.90. The Bertz CT molecular complexity index is 776. The maximum atomic E-state index is 13.4. The summed E-state index contributed by atoms with van der Waals surface area (Å²) in [6, 6.07) is 6.36. The van der Waals surface area contributed by atoms with E-state index in [-0.39, 0.29) is 18.0 Å². The van der Waals surface area contributed by atoms with Crippen LogP contribution in [0.25, 0.3) is 0 Å². The molecule has 0 radical (unpaired) electrons. The third-order valence-electron chi connectivity index (χ3n) is 4.35. The number of benzene rings is 2. The number of hydrogen-bond donors (Lipinski definition) is 0. The van der Waals surface area contributed by atoms with E-state index in [0.717, 1.165) is 26.7 Å². The van der Waals surface area contributed by atoms with E-state index in [1.807, 2.05) is 6.92 Å². The first kappa shape index (κ1) is 18.3. The molecule has 4 nitrogen and oxygen atoms in total. The van der Waals surface area contributed by atoms with Crippen molar-refractivity contribution >= 4 is 22.6 Å². The topological polar surface area (TPSA) is 36.9 Å². The average molecular weight is 458 g/mol. The van der Waals surface area contributed by atoms with E-state index in [9.17, 15) is 4.39 Å². The van der Waals surface area contributed by atoms with Crippen molar-refractivity contribution in [2.24, 2.45) is 0 Å². The molecular formula is C19H20FIO4. The van der Waals surface area contributed by atoms with Crippen LogP contribution in [-0.2, 0) is 11.2 Å². The lowest BCUT2D eigenvalue weighted by molar-refractivity contribution is 0.00527. The monoisotopic (exact) mass is 458 g/mol. The number of rotatable bonds is 4. The second kappa shape index (κ2) is 7.37. The fourth-order valence-electron chi connectivity index (χ4n) is 3.28. The Hall–Kier alpha value is -1.54. The zero-order valence-electron chi connectivity index (χ0n) is 14.6. The molecule has 0 saturated carbocycles. The molecule has 0 saturated heterocycles. The Morgan fingerprint density at radius 1 is 1.00 bits per heavy atom. The number of hydrogen-bond acceptors (Lipinski definition) is 4. The molecule has 0 unspecified atom stereocenters. The maximum Gasteiger partial charge on any atom is 0.204 e. The van der Waals surface area contributed by atoms with Crippen LogP contribution in [0.15, 0.2) is 24.3 Å². The Balaban J connectivity index is 2.28. The molecule has 25 heavy (non-hydrogen) atoms. The van der Waals surface area contributed by atoms with Crippen molar-refractivity contribution in [1.29, 1.82) is 0 Å². The van der Waals surface area contributed by atoms with Gasteiger partial charge >= 0.3 is 0 Å². The van der Waals surface area contributed by atoms with Crippen molar-refractivity contribution in [3.05, 3.63) is 50.3 Å². The number of halogens is 2. The summed E-state index contributed by atoms with van der Waals surface area (Å²) < 4.78 is 37.3. The second-order valence-electron chi connectivity index (χ2n) is 5.89. The van der Waals surface area contributed by atoms with Gasteiger partial charge in [0.05, 0.1) is 31.0 Å². The molecule has 0 aliphatic carbocycles. The molecule has 2 aromatic rings. The predicted octanol–water partition coefficient (Wildman–Crippen LogP) is 4.51. The van der Waals surface area contributed by atoms with Gasteiger partial charge in [0.2, 0.25) is 5.75 Å². The summed E-state index contributed by atoms with van der Waals surface area (Å²) in [4.78, 5) is 0. The smallest absolute Gasteiger partial charge is 0.204 e. The summed E-state index contributed by atoms with van der Waals surface area (Å²) in [7, 11) is 4.80. The van der Waals surface area contributed by atoms with Gasteiger partial charge in [0.15, 0.2) is 11.5 Å². The molecule has 2 atom stereocenters. The molecule has 2 aromatic carbocycles. The van der Waals surface area contributed by atoms with Crippen LogP contribution in [-0.4, -0.2) is 27.4 Å². The van der Waals surface area contributed by atoms with Gasteiger partial charge in [0, 0.05) is 12.0 Å². The van der Waals surface area contributed by atoms with Gasteiger partial charge < -0.3 is 18.9 Å². The molecular weight excluding hydrogens is 438 g/mol. The first-order valence-corrected chi connectivity index (χ1v) is 9.00. The highest BCUT2D eigenvalue weighted by atomic mass is 127. The minimum Gasteiger partial charge on any atom is -0.492 e. The van der Waals surface area contributed by atoms with E-state index >= 15 is 0 Å². The second-order valence-corrected chi connectivity index (χ2v) is 6.97. The fraction of sp³-hybridized carbons (Fsp3) is 0.368. The van der Waals surface area contributed by atoms with Crippen LogP contribution < -0.4 is 14.2 Å². The summed E-state index contributed by atoms with van der Waals surface area (Å²) in [6.45, 7) is 2.03. The molecule has 0 amide bonds. The molecule has 1 heterocycles. The lowest BCUT2D eigenvalue weighted by Gasteiger charge is -2.34. The minimum atomic E-state index is -0.359. The van der Waals surface area contributed by atoms with E-state index in [4.69, 9.17) is 18.9 Å². The van der Waals surface area contributed by atoms with Crippen LogP contribution in [0.4, 0.5) is 4.39 Å². The van der Waals surface area contributed by atoms with Crippen LogP contribution in [0, 0.1) is 9.39 Å². The molecule has 3 rings (SSSR count). The SMILES string of the molecule is COc1c(I)c2c(c(OC)c1OC)[C@@H](c1ccc(F)cc1)O[C@@H](C)C2. The van der Waals surface area contributed by atoms with Crippen molar-refractivity contribution in [2.75, 3.05) is 21.3 Å². The Labute approximate surface area is 160 Å². The largest absolute Gasteiger partial charge is 0.492 e. The van der Waals surface area contributed by atoms with Gasteiger partial charge in [-0.15, -0.1) is 0 Å². The maximum absolute atomic E-state index is 13.4. The van der Waals surface area contributed by atoms with Gasteiger partial charge in [-0.3, -0.25) is 0 Å². The van der Waals surface area contributed by atoms with Gasteiger partial charge in [-0.25, -0.2) is 4.39 Å². The van der Waals surface area contributed by atoms with Gasteiger partial charge in [-0.2, -0.15) is 0 Å². The molecule has 0 spiro atoms. The molecule has 0 N–H and O–H groups in total. The summed E-state index contributed by atoms with van der Waals surface area (Å²) in [5, 5.41) is 0. The van der Waals surface area contributed by atoms with Gasteiger partial charge in [0.25, 0.3) is 0 Å². The third kappa shape index (κ3) is 3.17. The predicted molar refractivity (Wildman–Crippen MR) is 101 cm³/mol. The molecule has 0 bridgehead atoms. The molecule has 6 heteroatoms. The lowest BCUT2D eigenvalue weighted by Crippen LogP contribution is -2.26. The zero-order valence-corrected chi connectivity index (χ0v) is 16.7. The average Bonchev–Trinajstić information content (AvgIpc) is 2.61. The standard InChI is InChI=1S/C19H20FIO4/c1-10-9-13-14(16(25-10)11-5-7-12(20)8-6-11)17(22-2)19(24-4)18(23-3)15(13)21/h5-8,10,16H,9H2,1-4H3/t10-,16+/m0/s1. The van der Waals surface area contributed by atoms with E-state index in [1.54, 1.807) is 33.5 Å². The molecule has 0 aromatic heterocycles. The summed E-state index contributed by atoms with van der Waals surface area (Å²) in [5.74, 6) is 1.52. The van der Waals surface area contributed by atoms with Crippen LogP contribution in [0.3, 0.4) is 0 Å². The molecule has 1 aliphatic rings. The number of fused-ring (bicyclic) bond motifs is 1. The quantitative estimate of drug-likeness (QED) is 0.633. The van der Waals surface area contributed by atoms with Crippen molar-refractivity contribution in [3.8, 4) is 17.2 Å². The highest BCUT2D eigenvalue weighted by molar-refractivity contribution is 14.1. The van der Waals surface area contributed by atoms with Crippen LogP contribution >= 0.6 is 22.6 Å². The van der Waals surface area contributed by atoms with Crippen LogP contribution in [0.1, 0.15) is 29.7 Å². The Morgan fingerprint density at radius 3 is 2.16 bits per heavy atom. The highest BCUT2D eigenvalue weighted by Crippen LogP contribution is 2.52. The van der Waals surface area contributed by atoms with Gasteiger partial charge in [-0.1, -0.05) is 12.1 Å². The van der Waals surface area contributed by atoms with Gasteiger partial charge in [0.1, 0.15) is 11.9 Å². The number of methoxy groups -OCH3 is 3.